The molecule has 2 aromatic rings. The molecule has 0 saturated carbocycles. The van der Waals surface area contributed by atoms with Gasteiger partial charge in [-0.05, 0) is 23.7 Å². The zero-order valence-electron chi connectivity index (χ0n) is 6.24. The van der Waals surface area contributed by atoms with Crippen molar-refractivity contribution in [3.8, 4) is 10.7 Å². The van der Waals surface area contributed by atoms with E-state index in [1.165, 1.54) is 23.8 Å². The smallest absolute Gasteiger partial charge is 0.203 e. The number of nitrogens with zero attached hydrogens (tertiary/aromatic N) is 3. The summed E-state index contributed by atoms with van der Waals surface area (Å²) in [6.45, 7) is 0. The summed E-state index contributed by atoms with van der Waals surface area (Å²) in [6, 6.07) is 2.95. The third kappa shape index (κ3) is 1.99. The van der Waals surface area contributed by atoms with Crippen molar-refractivity contribution in [2.45, 2.75) is 0 Å². The SMILES string of the molecule is Fc1ccc(-c2nc(I)ns2)nc1. The van der Waals surface area contributed by atoms with Gasteiger partial charge in [-0.2, -0.15) is 4.37 Å². The molecular formula is C7H3FIN3S. The summed E-state index contributed by atoms with van der Waals surface area (Å²) in [5.74, 6) is -0.344. The van der Waals surface area contributed by atoms with Gasteiger partial charge < -0.3 is 0 Å². The first-order valence-corrected chi connectivity index (χ1v) is 5.22. The lowest BCUT2D eigenvalue weighted by atomic mass is 10.3. The van der Waals surface area contributed by atoms with Crippen molar-refractivity contribution in [1.82, 2.24) is 14.3 Å². The number of hydrogen-bond acceptors (Lipinski definition) is 4. The van der Waals surface area contributed by atoms with Gasteiger partial charge in [-0.15, -0.1) is 0 Å². The summed E-state index contributed by atoms with van der Waals surface area (Å²) in [4.78, 5) is 8.01. The van der Waals surface area contributed by atoms with Crippen LogP contribution in [0.5, 0.6) is 0 Å². The van der Waals surface area contributed by atoms with Crippen molar-refractivity contribution in [1.29, 1.82) is 0 Å². The molecule has 2 aromatic heterocycles. The normalized spacial score (nSPS) is 10.3. The van der Waals surface area contributed by atoms with E-state index >= 15 is 0 Å². The Morgan fingerprint density at radius 1 is 1.38 bits per heavy atom. The molecule has 0 radical (unpaired) electrons. The molecular weight excluding hydrogens is 304 g/mol. The number of halogens is 2. The molecule has 0 bridgehead atoms. The van der Waals surface area contributed by atoms with Crippen LogP contribution in [0, 0.1) is 9.65 Å². The topological polar surface area (TPSA) is 38.7 Å². The lowest BCUT2D eigenvalue weighted by Gasteiger charge is -1.92. The molecule has 6 heteroatoms. The van der Waals surface area contributed by atoms with E-state index in [9.17, 15) is 4.39 Å². The van der Waals surface area contributed by atoms with Gasteiger partial charge in [0.2, 0.25) is 3.83 Å². The molecule has 66 valence electrons. The van der Waals surface area contributed by atoms with Gasteiger partial charge in [-0.25, -0.2) is 9.37 Å². The monoisotopic (exact) mass is 307 g/mol. The highest BCUT2D eigenvalue weighted by molar-refractivity contribution is 14.1. The third-order valence-corrected chi connectivity index (χ3v) is 2.90. The average Bonchev–Trinajstić information content (AvgIpc) is 2.53. The maximum absolute atomic E-state index is 12.5. The van der Waals surface area contributed by atoms with Crippen LogP contribution in [-0.4, -0.2) is 14.3 Å². The minimum Gasteiger partial charge on any atom is -0.251 e. The Bertz CT molecular complexity index is 414. The lowest BCUT2D eigenvalue weighted by Crippen LogP contribution is -1.83. The fourth-order valence-electron chi connectivity index (χ4n) is 0.812. The van der Waals surface area contributed by atoms with Gasteiger partial charge in [0.1, 0.15) is 11.5 Å². The molecule has 3 nitrogen and oxygen atoms in total. The third-order valence-electron chi connectivity index (χ3n) is 1.35. The Labute approximate surface area is 91.4 Å². The largest absolute Gasteiger partial charge is 0.251 e. The highest BCUT2D eigenvalue weighted by Crippen LogP contribution is 2.19. The van der Waals surface area contributed by atoms with E-state index < -0.39 is 0 Å². The Morgan fingerprint density at radius 2 is 2.23 bits per heavy atom. The summed E-state index contributed by atoms with van der Waals surface area (Å²) in [5, 5.41) is 0.712. The summed E-state index contributed by atoms with van der Waals surface area (Å²) in [6.07, 6.45) is 1.17. The molecule has 0 aliphatic heterocycles. The van der Waals surface area contributed by atoms with E-state index in [-0.39, 0.29) is 5.82 Å². The molecule has 0 aliphatic rings. The number of hydrogen-bond donors (Lipinski definition) is 0. The maximum Gasteiger partial charge on any atom is 0.203 e. The van der Waals surface area contributed by atoms with Crippen molar-refractivity contribution < 1.29 is 4.39 Å². The molecule has 0 aliphatic carbocycles. The molecule has 13 heavy (non-hydrogen) atoms. The van der Waals surface area contributed by atoms with E-state index in [4.69, 9.17) is 0 Å². The van der Waals surface area contributed by atoms with Gasteiger partial charge in [-0.3, -0.25) is 4.98 Å². The van der Waals surface area contributed by atoms with Crippen molar-refractivity contribution in [3.63, 3.8) is 0 Å². The van der Waals surface area contributed by atoms with Gasteiger partial charge in [-0.1, -0.05) is 0 Å². The van der Waals surface area contributed by atoms with E-state index in [2.05, 4.69) is 14.3 Å². The molecule has 0 N–H and O–H groups in total. The minimum atomic E-state index is -0.344. The number of pyridine rings is 1. The zero-order valence-corrected chi connectivity index (χ0v) is 9.21. The Kier molecular flexibility index (Phi) is 2.49. The molecule has 2 heterocycles. The van der Waals surface area contributed by atoms with Crippen LogP contribution in [0.2, 0.25) is 0 Å². The van der Waals surface area contributed by atoms with Crippen LogP contribution in [0.15, 0.2) is 18.3 Å². The van der Waals surface area contributed by atoms with Crippen LogP contribution in [0.4, 0.5) is 4.39 Å². The molecule has 0 fully saturated rings. The second-order valence-corrected chi connectivity index (χ2v) is 3.95. The minimum absolute atomic E-state index is 0.344. The lowest BCUT2D eigenvalue weighted by molar-refractivity contribution is 0.622. The standard InChI is InChI=1S/C7H3FIN3S/c8-4-1-2-5(10-3-4)6-11-7(9)12-13-6/h1-3H. The first-order chi connectivity index (χ1) is 6.25. The maximum atomic E-state index is 12.5. The number of rotatable bonds is 1. The Morgan fingerprint density at radius 3 is 2.77 bits per heavy atom. The molecule has 0 unspecified atom stereocenters. The van der Waals surface area contributed by atoms with Crippen LogP contribution in [-0.2, 0) is 0 Å². The van der Waals surface area contributed by atoms with Crippen LogP contribution in [0.1, 0.15) is 0 Å². The zero-order chi connectivity index (χ0) is 9.26. The molecule has 0 saturated heterocycles. The predicted octanol–water partition coefficient (Wildman–Crippen LogP) is 2.34. The van der Waals surface area contributed by atoms with Crippen LogP contribution < -0.4 is 0 Å². The van der Waals surface area contributed by atoms with E-state index in [0.29, 0.717) is 14.5 Å². The van der Waals surface area contributed by atoms with E-state index in [1.807, 2.05) is 22.6 Å². The summed E-state index contributed by atoms with van der Waals surface area (Å²) >= 11 is 3.28. The van der Waals surface area contributed by atoms with Gasteiger partial charge >= 0.3 is 0 Å². The van der Waals surface area contributed by atoms with Gasteiger partial charge in [0.05, 0.1) is 6.20 Å². The summed E-state index contributed by atoms with van der Waals surface area (Å²) < 4.78 is 17.2. The highest BCUT2D eigenvalue weighted by Gasteiger charge is 2.05. The first-order valence-electron chi connectivity index (χ1n) is 3.37. The Hall–Kier alpha value is -0.630. The molecule has 0 aromatic carbocycles. The first kappa shape index (κ1) is 8.95. The van der Waals surface area contributed by atoms with Gasteiger partial charge in [0.25, 0.3) is 0 Å². The van der Waals surface area contributed by atoms with Crippen LogP contribution in [0.25, 0.3) is 10.7 Å². The van der Waals surface area contributed by atoms with Crippen molar-refractivity contribution in [2.75, 3.05) is 0 Å². The highest BCUT2D eigenvalue weighted by atomic mass is 127. The molecule has 2 rings (SSSR count). The average molecular weight is 307 g/mol. The Balaban J connectivity index is 2.41. The van der Waals surface area contributed by atoms with Gasteiger partial charge in [0, 0.05) is 22.6 Å². The number of aromatic nitrogens is 3. The van der Waals surface area contributed by atoms with Crippen LogP contribution in [0.3, 0.4) is 0 Å². The molecule has 0 amide bonds. The second kappa shape index (κ2) is 3.62. The van der Waals surface area contributed by atoms with Crippen molar-refractivity contribution in [3.05, 3.63) is 28.0 Å². The van der Waals surface area contributed by atoms with Crippen molar-refractivity contribution >= 4 is 34.1 Å². The fraction of sp³-hybridized carbons (Fsp3) is 0. The second-order valence-electron chi connectivity index (χ2n) is 2.23. The summed E-state index contributed by atoms with van der Waals surface area (Å²) in [5.41, 5.74) is 0.654. The molecule has 0 atom stereocenters. The van der Waals surface area contributed by atoms with E-state index in [0.717, 1.165) is 0 Å². The quantitative estimate of drug-likeness (QED) is 0.759. The van der Waals surface area contributed by atoms with Gasteiger partial charge in [0.15, 0.2) is 5.01 Å². The van der Waals surface area contributed by atoms with Crippen molar-refractivity contribution in [2.24, 2.45) is 0 Å². The predicted molar refractivity (Wildman–Crippen MR) is 55.8 cm³/mol. The van der Waals surface area contributed by atoms with E-state index in [1.54, 1.807) is 6.07 Å². The molecule has 0 spiro atoms. The summed E-state index contributed by atoms with van der Waals surface area (Å²) in [7, 11) is 0. The fourth-order valence-corrected chi connectivity index (χ4v) is 2.06. The van der Waals surface area contributed by atoms with Crippen LogP contribution >= 0.6 is 34.1 Å².